The van der Waals surface area contributed by atoms with Crippen LogP contribution in [0, 0.1) is 13.8 Å². The third kappa shape index (κ3) is 6.85. The van der Waals surface area contributed by atoms with Gasteiger partial charge in [-0.2, -0.15) is 0 Å². The zero-order valence-corrected chi connectivity index (χ0v) is 29.5. The first-order valence-electron chi connectivity index (χ1n) is 15.7. The van der Waals surface area contributed by atoms with Gasteiger partial charge in [-0.3, -0.25) is 34.4 Å². The van der Waals surface area contributed by atoms with Crippen molar-refractivity contribution >= 4 is 73.7 Å². The number of hydrogen-bond acceptors (Lipinski definition) is 11. The summed E-state index contributed by atoms with van der Waals surface area (Å²) < 4.78 is 15.0. The number of carbonyl (C=O) groups is 4. The number of fused-ring (bicyclic) bond motifs is 2. The molecule has 0 saturated heterocycles. The van der Waals surface area contributed by atoms with E-state index in [-0.39, 0.29) is 47.6 Å². The fourth-order valence-electron chi connectivity index (χ4n) is 5.50. The Morgan fingerprint density at radius 2 is 1.27 bits per heavy atom. The summed E-state index contributed by atoms with van der Waals surface area (Å²) in [6, 6.07) is 4.60. The van der Waals surface area contributed by atoms with Crippen molar-refractivity contribution in [1.82, 2.24) is 34.1 Å². The van der Waals surface area contributed by atoms with Crippen LogP contribution in [0.3, 0.4) is 0 Å². The van der Waals surface area contributed by atoms with Crippen LogP contribution in [0.4, 0.5) is 11.9 Å². The average molecular weight is 759 g/mol. The number of aryl methyl sites for hydroxylation is 4. The summed E-state index contributed by atoms with van der Waals surface area (Å²) in [6.07, 6.45) is 5.90. The number of nitrogens with zero attached hydrogens (tertiary/aromatic N) is 7. The molecular weight excluding hydrogens is 726 g/mol. The van der Waals surface area contributed by atoms with E-state index < -0.39 is 23.6 Å². The Balaban J connectivity index is 1.34. The van der Waals surface area contributed by atoms with E-state index in [0.717, 1.165) is 0 Å². The minimum Gasteiger partial charge on any atom is -0.436 e. The minimum atomic E-state index is -0.678. The lowest BCUT2D eigenvalue weighted by Crippen LogP contribution is -2.17. The Morgan fingerprint density at radius 1 is 0.765 bits per heavy atom. The van der Waals surface area contributed by atoms with Gasteiger partial charge in [-0.1, -0.05) is 26.0 Å². The Bertz CT molecular complexity index is 2400. The van der Waals surface area contributed by atoms with Crippen molar-refractivity contribution in [3.8, 4) is 0 Å². The molecule has 6 N–H and O–H groups in total. The van der Waals surface area contributed by atoms with Crippen LogP contribution in [0.25, 0.3) is 22.2 Å². The van der Waals surface area contributed by atoms with Crippen molar-refractivity contribution in [3.63, 3.8) is 0 Å². The summed E-state index contributed by atoms with van der Waals surface area (Å²) in [4.78, 5) is 72.6. The lowest BCUT2D eigenvalue weighted by Gasteiger charge is -2.10. The normalized spacial score (nSPS) is 11.5. The Morgan fingerprint density at radius 3 is 1.82 bits per heavy atom. The van der Waals surface area contributed by atoms with Crippen LogP contribution >= 0.6 is 15.9 Å². The number of oxazole rings is 2. The molecule has 6 rings (SSSR count). The fourth-order valence-corrected chi connectivity index (χ4v) is 6.16. The molecule has 51 heavy (non-hydrogen) atoms. The van der Waals surface area contributed by atoms with Gasteiger partial charge in [0.15, 0.2) is 17.4 Å². The molecule has 18 heteroatoms. The van der Waals surface area contributed by atoms with Crippen LogP contribution in [0.15, 0.2) is 49.9 Å². The molecule has 5 heterocycles. The molecule has 0 fully saturated rings. The molecule has 0 unspecified atom stereocenters. The molecule has 0 bridgehead atoms. The second-order valence-electron chi connectivity index (χ2n) is 11.3. The highest BCUT2D eigenvalue weighted by Crippen LogP contribution is 2.30. The molecule has 6 aromatic rings. The highest BCUT2D eigenvalue weighted by molar-refractivity contribution is 9.10. The summed E-state index contributed by atoms with van der Waals surface area (Å²) >= 11 is 3.52. The number of amides is 4. The number of nitrogens with one attached hydrogen (secondary N) is 2. The summed E-state index contributed by atoms with van der Waals surface area (Å²) in [5, 5.41) is 5.59. The third-order valence-electron chi connectivity index (χ3n) is 7.83. The summed E-state index contributed by atoms with van der Waals surface area (Å²) in [7, 11) is 0. The zero-order chi connectivity index (χ0) is 36.6. The molecule has 4 amide bonds. The van der Waals surface area contributed by atoms with Crippen LogP contribution in [-0.2, 0) is 25.9 Å². The first-order valence-corrected chi connectivity index (χ1v) is 16.5. The quantitative estimate of drug-likeness (QED) is 0.129. The Labute approximate surface area is 297 Å². The molecular formula is C33H32BrN11O6. The summed E-state index contributed by atoms with van der Waals surface area (Å²) in [5.74, 6) is -1.26. The van der Waals surface area contributed by atoms with E-state index in [2.05, 4.69) is 51.5 Å². The summed E-state index contributed by atoms with van der Waals surface area (Å²) in [5.41, 5.74) is 14.1. The monoisotopic (exact) mass is 757 g/mol. The molecule has 1 aromatic carbocycles. The number of hydrogen-bond donors (Lipinski definition) is 4. The molecule has 0 aliphatic carbocycles. The number of benzene rings is 1. The second-order valence-corrected chi connectivity index (χ2v) is 12.2. The SMILES string of the molecule is CCc1nc(C)oc1C(=O)Nc1nc2cc(C(N)=O)cnc2n1C/C=C/Cn1c(NC(=O)c2oc(C)nc2CC)nc2cc(C(N)=O)cc(Br)c21. The largest absolute Gasteiger partial charge is 0.436 e. The number of imidazole rings is 2. The van der Waals surface area contributed by atoms with Gasteiger partial charge >= 0.3 is 0 Å². The van der Waals surface area contributed by atoms with E-state index in [4.69, 9.17) is 20.3 Å². The molecule has 0 spiro atoms. The minimum absolute atomic E-state index is 0.0631. The molecule has 0 aliphatic rings. The lowest BCUT2D eigenvalue weighted by molar-refractivity contribution is 0.0985. The fraction of sp³-hybridized carbons (Fsp3) is 0.242. The van der Waals surface area contributed by atoms with Crippen molar-refractivity contribution in [1.29, 1.82) is 0 Å². The van der Waals surface area contributed by atoms with E-state index in [0.29, 0.717) is 62.7 Å². The summed E-state index contributed by atoms with van der Waals surface area (Å²) in [6.45, 7) is 7.39. The molecule has 0 radical (unpaired) electrons. The van der Waals surface area contributed by atoms with Gasteiger partial charge in [0.2, 0.25) is 35.2 Å². The van der Waals surface area contributed by atoms with Gasteiger partial charge in [-0.05, 0) is 47.0 Å². The third-order valence-corrected chi connectivity index (χ3v) is 8.44. The highest BCUT2D eigenvalue weighted by Gasteiger charge is 2.24. The predicted octanol–water partition coefficient (Wildman–Crippen LogP) is 4.22. The van der Waals surface area contributed by atoms with Gasteiger partial charge < -0.3 is 24.9 Å². The van der Waals surface area contributed by atoms with Gasteiger partial charge in [0.05, 0.1) is 28.0 Å². The maximum absolute atomic E-state index is 13.3. The van der Waals surface area contributed by atoms with Gasteiger partial charge in [-0.15, -0.1) is 0 Å². The van der Waals surface area contributed by atoms with Crippen molar-refractivity contribution in [2.45, 2.75) is 53.6 Å². The van der Waals surface area contributed by atoms with E-state index in [1.54, 1.807) is 35.1 Å². The molecule has 0 aliphatic heterocycles. The first kappa shape index (κ1) is 34.7. The van der Waals surface area contributed by atoms with Crippen LogP contribution in [0.1, 0.15) is 78.8 Å². The van der Waals surface area contributed by atoms with Crippen molar-refractivity contribution < 1.29 is 28.0 Å². The van der Waals surface area contributed by atoms with Gasteiger partial charge in [0.1, 0.15) is 5.52 Å². The first-order chi connectivity index (χ1) is 24.4. The maximum Gasteiger partial charge on any atom is 0.295 e. The predicted molar refractivity (Wildman–Crippen MR) is 188 cm³/mol. The molecule has 262 valence electrons. The highest BCUT2D eigenvalue weighted by atomic mass is 79.9. The van der Waals surface area contributed by atoms with Crippen LogP contribution in [-0.4, -0.2) is 57.7 Å². The average Bonchev–Trinajstić information content (AvgIpc) is 3.85. The van der Waals surface area contributed by atoms with Crippen LogP contribution in [0.2, 0.25) is 0 Å². The van der Waals surface area contributed by atoms with E-state index in [1.807, 2.05) is 19.9 Å². The zero-order valence-electron chi connectivity index (χ0n) is 27.9. The van der Waals surface area contributed by atoms with Gasteiger partial charge in [-0.25, -0.2) is 24.9 Å². The number of aromatic nitrogens is 7. The van der Waals surface area contributed by atoms with Crippen molar-refractivity contribution in [3.05, 3.63) is 86.8 Å². The van der Waals surface area contributed by atoms with Gasteiger partial charge in [0, 0.05) is 43.2 Å². The standard InChI is InChI=1S/C33H32BrN11O6/c1-5-20-25(50-15(3)38-20)30(48)42-32-40-22-12-17(27(35)46)11-19(34)24(22)44(32)9-7-8-10-45-29-23(13-18(14-37-29)28(36)47)41-33(45)43-31(49)26-21(6-2)39-16(4)51-26/h7-8,11-14H,5-6,9-10H2,1-4H3,(H2,35,46)(H2,36,47)(H,40,42,48)(H,41,43,49)/b8-7+. The number of halogens is 1. The van der Waals surface area contributed by atoms with Crippen LogP contribution in [0.5, 0.6) is 0 Å². The van der Waals surface area contributed by atoms with E-state index >= 15 is 0 Å². The number of pyridine rings is 1. The van der Waals surface area contributed by atoms with Crippen LogP contribution < -0.4 is 22.1 Å². The van der Waals surface area contributed by atoms with E-state index in [9.17, 15) is 19.2 Å². The lowest BCUT2D eigenvalue weighted by atomic mass is 10.2. The molecule has 5 aromatic heterocycles. The molecule has 0 saturated carbocycles. The molecule has 17 nitrogen and oxygen atoms in total. The Kier molecular flexibility index (Phi) is 9.51. The molecule has 0 atom stereocenters. The number of primary amides is 2. The smallest absolute Gasteiger partial charge is 0.295 e. The maximum atomic E-state index is 13.3. The van der Waals surface area contributed by atoms with E-state index in [1.165, 1.54) is 18.3 Å². The van der Waals surface area contributed by atoms with Crippen molar-refractivity contribution in [2.75, 3.05) is 10.6 Å². The number of rotatable bonds is 12. The second kappa shape index (κ2) is 14.0. The number of anilines is 2. The topological polar surface area (TPSA) is 245 Å². The van der Waals surface area contributed by atoms with Crippen molar-refractivity contribution in [2.24, 2.45) is 11.5 Å². The number of carbonyl (C=O) groups excluding carboxylic acids is 4. The van der Waals surface area contributed by atoms with Gasteiger partial charge in [0.25, 0.3) is 11.8 Å². The number of allylic oxidation sites excluding steroid dienone is 2. The Hall–Kier alpha value is -6.17. The number of nitrogens with two attached hydrogens (primary N) is 2.